The highest BCUT2D eigenvalue weighted by atomic mass is 79.9. The van der Waals surface area contributed by atoms with E-state index >= 15 is 0 Å². The Labute approximate surface area is 131 Å². The highest BCUT2D eigenvalue weighted by molar-refractivity contribution is 9.10. The molecule has 114 valence electrons. The van der Waals surface area contributed by atoms with Gasteiger partial charge in [0.15, 0.2) is 0 Å². The number of carbonyl (C=O) groups is 1. The van der Waals surface area contributed by atoms with E-state index in [0.29, 0.717) is 29.7 Å². The summed E-state index contributed by atoms with van der Waals surface area (Å²) < 4.78 is 6.13. The molecule has 0 unspecified atom stereocenters. The van der Waals surface area contributed by atoms with Gasteiger partial charge in [0, 0.05) is 36.3 Å². The van der Waals surface area contributed by atoms with E-state index in [1.807, 2.05) is 6.92 Å². The van der Waals surface area contributed by atoms with Gasteiger partial charge in [-0.1, -0.05) is 0 Å². The van der Waals surface area contributed by atoms with Crippen LogP contribution in [0.2, 0.25) is 0 Å². The normalized spacial score (nSPS) is 16.0. The van der Waals surface area contributed by atoms with Crippen LogP contribution in [0, 0.1) is 10.1 Å². The van der Waals surface area contributed by atoms with Crippen LogP contribution in [-0.2, 0) is 4.74 Å². The number of piperidine rings is 1. The van der Waals surface area contributed by atoms with Gasteiger partial charge < -0.3 is 9.64 Å². The predicted molar refractivity (Wildman–Crippen MR) is 81.3 cm³/mol. The molecule has 0 aromatic heterocycles. The minimum Gasteiger partial charge on any atom is -0.378 e. The number of amides is 1. The Balaban J connectivity index is 2.10. The number of nitrogens with zero attached hydrogens (tertiary/aromatic N) is 2. The molecule has 1 amide bonds. The maximum Gasteiger partial charge on any atom is 0.270 e. The third kappa shape index (κ3) is 3.79. The Morgan fingerprint density at radius 2 is 2.14 bits per heavy atom. The van der Waals surface area contributed by atoms with Crippen molar-refractivity contribution in [3.63, 3.8) is 0 Å². The van der Waals surface area contributed by atoms with E-state index in [-0.39, 0.29) is 17.7 Å². The molecular weight excluding hydrogens is 340 g/mol. The molecule has 0 bridgehead atoms. The fraction of sp³-hybridized carbons (Fsp3) is 0.500. The molecule has 21 heavy (non-hydrogen) atoms. The minimum absolute atomic E-state index is 0.0780. The van der Waals surface area contributed by atoms with Gasteiger partial charge in [0.1, 0.15) is 0 Å². The van der Waals surface area contributed by atoms with Crippen molar-refractivity contribution in [1.29, 1.82) is 0 Å². The molecule has 2 rings (SSSR count). The number of nitro benzene ring substituents is 1. The molecule has 1 heterocycles. The molecule has 1 aromatic rings. The number of hydrogen-bond acceptors (Lipinski definition) is 4. The van der Waals surface area contributed by atoms with Gasteiger partial charge in [0.05, 0.1) is 16.6 Å². The number of non-ortho nitro benzene ring substituents is 1. The van der Waals surface area contributed by atoms with Crippen LogP contribution in [0.5, 0.6) is 0 Å². The molecule has 0 atom stereocenters. The van der Waals surface area contributed by atoms with Crippen molar-refractivity contribution in [1.82, 2.24) is 4.90 Å². The third-order valence-corrected chi connectivity index (χ3v) is 4.21. The van der Waals surface area contributed by atoms with Crippen LogP contribution >= 0.6 is 15.9 Å². The fourth-order valence-electron chi connectivity index (χ4n) is 2.42. The topological polar surface area (TPSA) is 72.7 Å². The van der Waals surface area contributed by atoms with Crippen LogP contribution in [0.1, 0.15) is 30.1 Å². The van der Waals surface area contributed by atoms with E-state index in [1.165, 1.54) is 18.2 Å². The summed E-state index contributed by atoms with van der Waals surface area (Å²) in [6, 6.07) is 4.24. The lowest BCUT2D eigenvalue weighted by molar-refractivity contribution is -0.384. The lowest BCUT2D eigenvalue weighted by Gasteiger charge is -2.32. The van der Waals surface area contributed by atoms with Crippen molar-refractivity contribution in [2.24, 2.45) is 0 Å². The average Bonchev–Trinajstić information content (AvgIpc) is 2.48. The number of hydrogen-bond donors (Lipinski definition) is 0. The fourth-order valence-corrected chi connectivity index (χ4v) is 2.84. The van der Waals surface area contributed by atoms with Gasteiger partial charge in [-0.3, -0.25) is 14.9 Å². The molecule has 6 nitrogen and oxygen atoms in total. The van der Waals surface area contributed by atoms with Crippen LogP contribution in [0.4, 0.5) is 5.69 Å². The molecule has 0 radical (unpaired) electrons. The average molecular weight is 357 g/mol. The summed E-state index contributed by atoms with van der Waals surface area (Å²) in [5.74, 6) is -0.180. The maximum absolute atomic E-state index is 12.5. The van der Waals surface area contributed by atoms with Crippen molar-refractivity contribution >= 4 is 27.5 Å². The van der Waals surface area contributed by atoms with Gasteiger partial charge in [-0.25, -0.2) is 0 Å². The zero-order valence-electron chi connectivity index (χ0n) is 11.8. The van der Waals surface area contributed by atoms with Gasteiger partial charge in [0.2, 0.25) is 0 Å². The summed E-state index contributed by atoms with van der Waals surface area (Å²) in [6.07, 6.45) is 1.80. The Bertz CT molecular complexity index is 542. The van der Waals surface area contributed by atoms with Gasteiger partial charge in [0.25, 0.3) is 11.6 Å². The van der Waals surface area contributed by atoms with Crippen LogP contribution in [-0.4, -0.2) is 41.5 Å². The standard InChI is InChI=1S/C14H17BrN2O4/c1-2-21-11-5-7-16(8-6-11)14(18)12-9-10(17(19)20)3-4-13(12)15/h3-4,9,11H,2,5-8H2,1H3. The molecule has 1 aliphatic rings. The number of carbonyl (C=O) groups excluding carboxylic acids is 1. The van der Waals surface area contributed by atoms with E-state index in [2.05, 4.69) is 15.9 Å². The molecular formula is C14H17BrN2O4. The second-order valence-electron chi connectivity index (χ2n) is 4.87. The Kier molecular flexibility index (Phi) is 5.30. The third-order valence-electron chi connectivity index (χ3n) is 3.52. The lowest BCUT2D eigenvalue weighted by atomic mass is 10.1. The number of benzene rings is 1. The van der Waals surface area contributed by atoms with Crippen molar-refractivity contribution in [3.8, 4) is 0 Å². The van der Waals surface area contributed by atoms with Crippen molar-refractivity contribution in [2.45, 2.75) is 25.9 Å². The molecule has 1 aliphatic heterocycles. The Morgan fingerprint density at radius 3 is 2.71 bits per heavy atom. The molecule has 0 N–H and O–H groups in total. The summed E-state index contributed by atoms with van der Waals surface area (Å²) in [5, 5.41) is 10.8. The van der Waals surface area contributed by atoms with Gasteiger partial charge in [-0.2, -0.15) is 0 Å². The largest absolute Gasteiger partial charge is 0.378 e. The molecule has 0 saturated carbocycles. The second kappa shape index (κ2) is 7.00. The molecule has 1 fully saturated rings. The highest BCUT2D eigenvalue weighted by Gasteiger charge is 2.26. The first-order valence-electron chi connectivity index (χ1n) is 6.87. The number of ether oxygens (including phenoxy) is 1. The summed E-state index contributed by atoms with van der Waals surface area (Å²) in [7, 11) is 0. The zero-order chi connectivity index (χ0) is 15.4. The van der Waals surface area contributed by atoms with Crippen LogP contribution < -0.4 is 0 Å². The summed E-state index contributed by atoms with van der Waals surface area (Å²) in [5.41, 5.74) is 0.254. The van der Waals surface area contributed by atoms with Crippen LogP contribution in [0.3, 0.4) is 0 Å². The van der Waals surface area contributed by atoms with Crippen molar-refractivity contribution in [2.75, 3.05) is 19.7 Å². The van der Waals surface area contributed by atoms with Crippen LogP contribution in [0.15, 0.2) is 22.7 Å². The molecule has 7 heteroatoms. The number of halogens is 1. The lowest BCUT2D eigenvalue weighted by Crippen LogP contribution is -2.41. The van der Waals surface area contributed by atoms with E-state index in [9.17, 15) is 14.9 Å². The van der Waals surface area contributed by atoms with E-state index < -0.39 is 4.92 Å². The zero-order valence-corrected chi connectivity index (χ0v) is 13.3. The number of rotatable bonds is 4. The first-order chi connectivity index (χ1) is 10.0. The molecule has 1 saturated heterocycles. The first kappa shape index (κ1) is 15.9. The first-order valence-corrected chi connectivity index (χ1v) is 7.67. The van der Waals surface area contributed by atoms with E-state index in [1.54, 1.807) is 4.90 Å². The predicted octanol–water partition coefficient (Wildman–Crippen LogP) is 3.00. The summed E-state index contributed by atoms with van der Waals surface area (Å²) in [4.78, 5) is 24.5. The summed E-state index contributed by atoms with van der Waals surface area (Å²) in [6.45, 7) is 3.85. The van der Waals surface area contributed by atoms with Gasteiger partial charge in [-0.05, 0) is 41.8 Å². The molecule has 1 aromatic carbocycles. The smallest absolute Gasteiger partial charge is 0.270 e. The summed E-state index contributed by atoms with van der Waals surface area (Å²) >= 11 is 3.29. The SMILES string of the molecule is CCOC1CCN(C(=O)c2cc([N+](=O)[O-])ccc2Br)CC1. The van der Waals surface area contributed by atoms with Crippen molar-refractivity contribution < 1.29 is 14.5 Å². The maximum atomic E-state index is 12.5. The number of nitro groups is 1. The Morgan fingerprint density at radius 1 is 1.48 bits per heavy atom. The van der Waals surface area contributed by atoms with E-state index in [4.69, 9.17) is 4.74 Å². The van der Waals surface area contributed by atoms with Gasteiger partial charge in [-0.15, -0.1) is 0 Å². The van der Waals surface area contributed by atoms with Crippen LogP contribution in [0.25, 0.3) is 0 Å². The minimum atomic E-state index is -0.495. The second-order valence-corrected chi connectivity index (χ2v) is 5.72. The van der Waals surface area contributed by atoms with Crippen molar-refractivity contribution in [3.05, 3.63) is 38.3 Å². The quantitative estimate of drug-likeness (QED) is 0.613. The van der Waals surface area contributed by atoms with Gasteiger partial charge >= 0.3 is 0 Å². The number of likely N-dealkylation sites (tertiary alicyclic amines) is 1. The molecule has 0 spiro atoms. The highest BCUT2D eigenvalue weighted by Crippen LogP contribution is 2.25. The molecule has 0 aliphatic carbocycles. The monoisotopic (exact) mass is 356 g/mol. The Hall–Kier alpha value is -1.47. The van der Waals surface area contributed by atoms with E-state index in [0.717, 1.165) is 12.8 Å².